The predicted molar refractivity (Wildman–Crippen MR) is 149 cm³/mol. The Morgan fingerprint density at radius 1 is 0.545 bits per heavy atom. The third-order valence-electron chi connectivity index (χ3n) is 6.36. The van der Waals surface area contributed by atoms with Gasteiger partial charge in [-0.05, 0) is 6.42 Å². The molecular weight excluding hydrogens is 415 g/mol. The van der Waals surface area contributed by atoms with Crippen molar-refractivity contribution < 1.29 is 9.90 Å². The fourth-order valence-electron chi connectivity index (χ4n) is 4.08. The standard InChI is InChI=1S/C18H35.C12H24O2.Na/c1-3-5-7-9-11-13-15-17-18-16-14-12-10-8-6-4-2;1-2-3-4-5-6-7-8-9-10-11-12(13)14;/h17-18H,1,3-16H2,2H3;2-11H2,1H3,(H,13,14);/b18-17-;;. The minimum absolute atomic E-state index is 0.343. The normalized spacial score (nSPS) is 11.0. The number of hydrogen-bond acceptors (Lipinski definition) is 1. The number of rotatable bonds is 25. The van der Waals surface area contributed by atoms with E-state index in [1.807, 2.05) is 0 Å². The maximum Gasteiger partial charge on any atom is 0.303 e. The molecule has 0 saturated heterocycles. The molecule has 0 amide bonds. The van der Waals surface area contributed by atoms with Crippen LogP contribution in [0.25, 0.3) is 0 Å². The average molecular weight is 475 g/mol. The summed E-state index contributed by atoms with van der Waals surface area (Å²) in [5, 5.41) is 8.41. The fraction of sp³-hybridized carbons (Fsp3) is 0.900. The molecular formula is C30H59NaO2. The Labute approximate surface area is 226 Å². The first-order valence-corrected chi connectivity index (χ1v) is 16.5. The second kappa shape index (κ2) is 34.4. The molecule has 0 aromatic carbocycles. The van der Waals surface area contributed by atoms with Crippen molar-refractivity contribution in [3.8, 4) is 0 Å². The number of unbranched alkanes of at least 4 members (excludes halogenated alkanes) is 20. The average Bonchev–Trinajstić information content (AvgIpc) is 2.81. The van der Waals surface area contributed by atoms with Crippen LogP contribution in [0.15, 0.2) is 12.2 Å². The quantitative estimate of drug-likeness (QED) is 0.0811. The first kappa shape index (κ1) is 35.4. The summed E-state index contributed by atoms with van der Waals surface area (Å²) in [7, 11) is 0. The maximum absolute atomic E-state index is 10.2. The van der Waals surface area contributed by atoms with Gasteiger partial charge in [0.25, 0.3) is 0 Å². The Hall–Kier alpha value is 0.210. The van der Waals surface area contributed by atoms with Gasteiger partial charge in [-0.2, -0.15) is 0 Å². The van der Waals surface area contributed by atoms with Crippen molar-refractivity contribution in [1.82, 2.24) is 0 Å². The molecule has 0 aliphatic carbocycles. The Morgan fingerprint density at radius 2 is 0.879 bits per heavy atom. The minimum atomic E-state index is -0.659. The van der Waals surface area contributed by atoms with Crippen molar-refractivity contribution in [2.75, 3.05) is 0 Å². The molecule has 0 atom stereocenters. The van der Waals surface area contributed by atoms with Gasteiger partial charge >= 0.3 is 108 Å². The van der Waals surface area contributed by atoms with Gasteiger partial charge in [-0.15, -0.1) is 0 Å². The summed E-state index contributed by atoms with van der Waals surface area (Å²) in [4.78, 5) is 10.2. The number of carboxylic acid groups (broad SMARTS) is 1. The summed E-state index contributed by atoms with van der Waals surface area (Å²) in [6, 6.07) is 0. The van der Waals surface area contributed by atoms with Crippen molar-refractivity contribution in [3.63, 3.8) is 0 Å². The van der Waals surface area contributed by atoms with Crippen LogP contribution in [0.1, 0.15) is 168 Å². The van der Waals surface area contributed by atoms with E-state index in [1.165, 1.54) is 166 Å². The van der Waals surface area contributed by atoms with Crippen LogP contribution in [0.4, 0.5) is 0 Å². The molecule has 0 heterocycles. The first-order chi connectivity index (χ1) is 16.2. The Kier molecular flexibility index (Phi) is 36.8. The summed E-state index contributed by atoms with van der Waals surface area (Å²) in [5.74, 6) is -0.659. The molecule has 0 aromatic heterocycles. The third-order valence-corrected chi connectivity index (χ3v) is 7.07. The van der Waals surface area contributed by atoms with Crippen LogP contribution in [0, 0.1) is 0 Å². The minimum Gasteiger partial charge on any atom is -0.481 e. The van der Waals surface area contributed by atoms with Crippen LogP contribution in [0.3, 0.4) is 0 Å². The van der Waals surface area contributed by atoms with Gasteiger partial charge in [0.1, 0.15) is 0 Å². The molecule has 0 aromatic rings. The molecule has 0 fully saturated rings. The van der Waals surface area contributed by atoms with Gasteiger partial charge in [-0.1, -0.05) is 97.3 Å². The monoisotopic (exact) mass is 474 g/mol. The van der Waals surface area contributed by atoms with Crippen molar-refractivity contribution >= 4 is 33.9 Å². The van der Waals surface area contributed by atoms with Crippen LogP contribution in [-0.4, -0.2) is 39.0 Å². The van der Waals surface area contributed by atoms with E-state index in [0.717, 1.165) is 12.8 Å². The SMILES string of the molecule is CCCCCCCC/C=C\CCCCCCC[CH2][Na].CCCCCCCCCCCC(=O)O. The van der Waals surface area contributed by atoms with Gasteiger partial charge in [0, 0.05) is 6.42 Å². The van der Waals surface area contributed by atoms with Gasteiger partial charge in [0.15, 0.2) is 0 Å². The fourth-order valence-corrected chi connectivity index (χ4v) is 4.58. The molecule has 0 aliphatic heterocycles. The van der Waals surface area contributed by atoms with Crippen LogP contribution >= 0.6 is 0 Å². The van der Waals surface area contributed by atoms with Crippen molar-refractivity contribution in [3.05, 3.63) is 12.2 Å². The summed E-state index contributed by atoms with van der Waals surface area (Å²) in [5.41, 5.74) is 0. The second-order valence-electron chi connectivity index (χ2n) is 9.91. The molecule has 0 radical (unpaired) electrons. The van der Waals surface area contributed by atoms with E-state index in [2.05, 4.69) is 26.0 Å². The Morgan fingerprint density at radius 3 is 1.24 bits per heavy atom. The summed E-state index contributed by atoms with van der Waals surface area (Å²) in [6.07, 6.45) is 36.2. The molecule has 192 valence electrons. The van der Waals surface area contributed by atoms with Gasteiger partial charge in [-0.25, -0.2) is 0 Å². The van der Waals surface area contributed by atoms with E-state index in [0.29, 0.717) is 6.42 Å². The number of allylic oxidation sites excluding steroid dienone is 2. The number of aliphatic carboxylic acids is 1. The largest absolute Gasteiger partial charge is 0.481 e. The molecule has 2 nitrogen and oxygen atoms in total. The maximum atomic E-state index is 10.2. The molecule has 0 rings (SSSR count). The smallest absolute Gasteiger partial charge is 0.303 e. The van der Waals surface area contributed by atoms with Crippen LogP contribution < -0.4 is 0 Å². The molecule has 1 N–H and O–H groups in total. The topological polar surface area (TPSA) is 37.3 Å². The number of carboxylic acids is 1. The third kappa shape index (κ3) is 39.7. The van der Waals surface area contributed by atoms with Gasteiger partial charge in [0.2, 0.25) is 0 Å². The molecule has 0 spiro atoms. The molecule has 3 heteroatoms. The van der Waals surface area contributed by atoms with E-state index < -0.39 is 5.97 Å². The van der Waals surface area contributed by atoms with Crippen LogP contribution in [0.2, 0.25) is 3.67 Å². The molecule has 0 unspecified atom stereocenters. The van der Waals surface area contributed by atoms with Crippen molar-refractivity contribution in [1.29, 1.82) is 0 Å². The van der Waals surface area contributed by atoms with E-state index in [1.54, 1.807) is 0 Å². The molecule has 0 aliphatic rings. The zero-order chi connectivity index (χ0) is 24.7. The van der Waals surface area contributed by atoms with Crippen molar-refractivity contribution in [2.24, 2.45) is 0 Å². The summed E-state index contributed by atoms with van der Waals surface area (Å²) >= 11 is 1.40. The Balaban J connectivity index is 0. The number of hydrogen-bond donors (Lipinski definition) is 1. The van der Waals surface area contributed by atoms with E-state index >= 15 is 0 Å². The Bertz CT molecular complexity index is 381. The first-order valence-electron chi connectivity index (χ1n) is 15.1. The molecule has 33 heavy (non-hydrogen) atoms. The van der Waals surface area contributed by atoms with Gasteiger partial charge < -0.3 is 5.11 Å². The zero-order valence-corrected chi connectivity index (χ0v) is 25.2. The van der Waals surface area contributed by atoms with Gasteiger partial charge in [0.05, 0.1) is 0 Å². The van der Waals surface area contributed by atoms with Crippen molar-refractivity contribution in [2.45, 2.75) is 172 Å². The summed E-state index contributed by atoms with van der Waals surface area (Å²) < 4.78 is 1.50. The molecule has 0 bridgehead atoms. The summed E-state index contributed by atoms with van der Waals surface area (Å²) in [6.45, 7) is 4.51. The zero-order valence-electron chi connectivity index (χ0n) is 23.2. The van der Waals surface area contributed by atoms with Crippen LogP contribution in [0.5, 0.6) is 0 Å². The van der Waals surface area contributed by atoms with E-state index in [9.17, 15) is 4.79 Å². The van der Waals surface area contributed by atoms with E-state index in [4.69, 9.17) is 5.11 Å². The second-order valence-corrected chi connectivity index (χ2v) is 10.9. The van der Waals surface area contributed by atoms with Gasteiger partial charge in [-0.3, -0.25) is 4.79 Å². The predicted octanol–water partition coefficient (Wildman–Crippen LogP) is 10.6. The van der Waals surface area contributed by atoms with E-state index in [-0.39, 0.29) is 0 Å². The van der Waals surface area contributed by atoms with Crippen LogP contribution in [-0.2, 0) is 4.79 Å². The number of carbonyl (C=O) groups is 1. The molecule has 0 saturated carbocycles.